The van der Waals surface area contributed by atoms with Crippen LogP contribution in [0, 0.1) is 0 Å². The van der Waals surface area contributed by atoms with Crippen molar-refractivity contribution in [2.45, 2.75) is 27.7 Å². The fourth-order valence-electron chi connectivity index (χ4n) is 2.79. The zero-order chi connectivity index (χ0) is 19.1. The third-order valence-corrected chi connectivity index (χ3v) is 3.63. The van der Waals surface area contributed by atoms with E-state index in [1.807, 2.05) is 27.7 Å². The molecule has 0 heterocycles. The molecule has 0 fully saturated rings. The van der Waals surface area contributed by atoms with Gasteiger partial charge in [0.05, 0.1) is 37.6 Å². The Bertz CT molecular complexity index is 629. The molecule has 6 heteroatoms. The molecule has 0 bridgehead atoms. The minimum atomic E-state index is 0.491. The van der Waals surface area contributed by atoms with Crippen LogP contribution in [0.5, 0.6) is 23.0 Å². The lowest BCUT2D eigenvalue weighted by Crippen LogP contribution is -2.05. The average molecular weight is 360 g/mol. The van der Waals surface area contributed by atoms with Crippen molar-refractivity contribution >= 4 is 11.4 Å². The maximum Gasteiger partial charge on any atom is 0.133 e. The molecule has 0 atom stereocenters. The van der Waals surface area contributed by atoms with Gasteiger partial charge in [-0.05, 0) is 27.7 Å². The minimum absolute atomic E-state index is 0.491. The molecule has 0 spiro atoms. The molecule has 0 unspecified atom stereocenters. The Morgan fingerprint density at radius 1 is 0.538 bits per heavy atom. The molecule has 142 valence electrons. The quantitative estimate of drug-likeness (QED) is 0.654. The number of anilines is 2. The number of hydrogen-bond donors (Lipinski definition) is 2. The van der Waals surface area contributed by atoms with Crippen molar-refractivity contribution in [2.75, 3.05) is 37.9 Å². The SMILES string of the molecule is CCOc1cc(N)cc(OCC)c1-c1c(OCC)cc(N)cc1OCC. The fraction of sp³-hybridized carbons (Fsp3) is 0.400. The van der Waals surface area contributed by atoms with Crippen molar-refractivity contribution in [3.05, 3.63) is 24.3 Å². The number of rotatable bonds is 9. The largest absolute Gasteiger partial charge is 0.493 e. The Balaban J connectivity index is 2.83. The van der Waals surface area contributed by atoms with Gasteiger partial charge in [-0.1, -0.05) is 0 Å². The van der Waals surface area contributed by atoms with E-state index in [2.05, 4.69) is 0 Å². The average Bonchev–Trinajstić information content (AvgIpc) is 2.57. The summed E-state index contributed by atoms with van der Waals surface area (Å²) in [5.41, 5.74) is 14.7. The molecule has 0 aromatic heterocycles. The third kappa shape index (κ3) is 4.25. The molecule has 2 aromatic rings. The maximum atomic E-state index is 6.04. The number of nitrogens with two attached hydrogens (primary N) is 2. The second kappa shape index (κ2) is 9.08. The number of nitrogen functional groups attached to an aromatic ring is 2. The molecule has 2 rings (SSSR count). The van der Waals surface area contributed by atoms with Crippen molar-refractivity contribution < 1.29 is 18.9 Å². The van der Waals surface area contributed by atoms with E-state index in [9.17, 15) is 0 Å². The lowest BCUT2D eigenvalue weighted by atomic mass is 9.99. The molecular weight excluding hydrogens is 332 g/mol. The second-order valence-electron chi connectivity index (χ2n) is 5.52. The van der Waals surface area contributed by atoms with Gasteiger partial charge in [0, 0.05) is 35.6 Å². The molecule has 0 aliphatic carbocycles. The normalized spacial score (nSPS) is 10.5. The molecule has 0 saturated heterocycles. The lowest BCUT2D eigenvalue weighted by molar-refractivity contribution is 0.316. The van der Waals surface area contributed by atoms with Crippen molar-refractivity contribution in [2.24, 2.45) is 0 Å². The van der Waals surface area contributed by atoms with Crippen LogP contribution in [0.15, 0.2) is 24.3 Å². The van der Waals surface area contributed by atoms with Gasteiger partial charge in [-0.3, -0.25) is 0 Å². The Hall–Kier alpha value is -2.76. The van der Waals surface area contributed by atoms with Gasteiger partial charge < -0.3 is 30.4 Å². The first kappa shape index (κ1) is 19.6. The predicted octanol–water partition coefficient (Wildman–Crippen LogP) is 4.11. The van der Waals surface area contributed by atoms with Crippen LogP contribution >= 0.6 is 0 Å². The molecule has 4 N–H and O–H groups in total. The number of hydrogen-bond acceptors (Lipinski definition) is 6. The van der Waals surface area contributed by atoms with Crippen LogP contribution in [0.25, 0.3) is 11.1 Å². The van der Waals surface area contributed by atoms with Crippen LogP contribution in [0.2, 0.25) is 0 Å². The third-order valence-electron chi connectivity index (χ3n) is 3.63. The molecule has 26 heavy (non-hydrogen) atoms. The predicted molar refractivity (Wildman–Crippen MR) is 105 cm³/mol. The van der Waals surface area contributed by atoms with E-state index in [0.29, 0.717) is 60.8 Å². The summed E-state index contributed by atoms with van der Waals surface area (Å²) >= 11 is 0. The van der Waals surface area contributed by atoms with Crippen molar-refractivity contribution in [3.8, 4) is 34.1 Å². The van der Waals surface area contributed by atoms with Crippen LogP contribution in [0.1, 0.15) is 27.7 Å². The van der Waals surface area contributed by atoms with Gasteiger partial charge in [0.25, 0.3) is 0 Å². The van der Waals surface area contributed by atoms with Gasteiger partial charge in [-0.15, -0.1) is 0 Å². The van der Waals surface area contributed by atoms with Gasteiger partial charge >= 0.3 is 0 Å². The smallest absolute Gasteiger partial charge is 0.133 e. The van der Waals surface area contributed by atoms with Gasteiger partial charge in [-0.2, -0.15) is 0 Å². The molecule has 6 nitrogen and oxygen atoms in total. The molecule has 0 amide bonds. The first-order valence-electron chi connectivity index (χ1n) is 8.94. The topological polar surface area (TPSA) is 89.0 Å². The lowest BCUT2D eigenvalue weighted by Gasteiger charge is -2.21. The zero-order valence-electron chi connectivity index (χ0n) is 15.9. The van der Waals surface area contributed by atoms with E-state index in [1.165, 1.54) is 0 Å². The van der Waals surface area contributed by atoms with Gasteiger partial charge in [0.2, 0.25) is 0 Å². The summed E-state index contributed by atoms with van der Waals surface area (Å²) in [4.78, 5) is 0. The zero-order valence-corrected chi connectivity index (χ0v) is 15.9. The summed E-state index contributed by atoms with van der Waals surface area (Å²) in [5.74, 6) is 2.45. The van der Waals surface area contributed by atoms with E-state index in [-0.39, 0.29) is 0 Å². The van der Waals surface area contributed by atoms with Crippen LogP contribution in [0.3, 0.4) is 0 Å². The molecular formula is C20H28N2O4. The molecule has 0 aliphatic heterocycles. The summed E-state index contributed by atoms with van der Waals surface area (Å²) in [6, 6.07) is 7.12. The van der Waals surface area contributed by atoms with Crippen molar-refractivity contribution in [1.29, 1.82) is 0 Å². The van der Waals surface area contributed by atoms with E-state index in [1.54, 1.807) is 24.3 Å². The maximum absolute atomic E-state index is 6.04. The highest BCUT2D eigenvalue weighted by molar-refractivity contribution is 5.88. The summed E-state index contributed by atoms with van der Waals surface area (Å²) in [6.07, 6.45) is 0. The molecule has 2 aromatic carbocycles. The number of benzene rings is 2. The summed E-state index contributed by atoms with van der Waals surface area (Å²) < 4.78 is 23.4. The van der Waals surface area contributed by atoms with Crippen LogP contribution < -0.4 is 30.4 Å². The van der Waals surface area contributed by atoms with E-state index in [0.717, 1.165) is 11.1 Å². The first-order valence-corrected chi connectivity index (χ1v) is 8.94. The van der Waals surface area contributed by atoms with Gasteiger partial charge in [-0.25, -0.2) is 0 Å². The highest BCUT2D eigenvalue weighted by Gasteiger charge is 2.23. The monoisotopic (exact) mass is 360 g/mol. The minimum Gasteiger partial charge on any atom is -0.493 e. The van der Waals surface area contributed by atoms with Crippen molar-refractivity contribution in [3.63, 3.8) is 0 Å². The molecule has 0 saturated carbocycles. The summed E-state index contributed by atoms with van der Waals surface area (Å²) in [6.45, 7) is 9.64. The van der Waals surface area contributed by atoms with Gasteiger partial charge in [0.15, 0.2) is 0 Å². The molecule has 0 radical (unpaired) electrons. The summed E-state index contributed by atoms with van der Waals surface area (Å²) in [5, 5.41) is 0. The van der Waals surface area contributed by atoms with Crippen molar-refractivity contribution in [1.82, 2.24) is 0 Å². The van der Waals surface area contributed by atoms with E-state index < -0.39 is 0 Å². The Kier molecular flexibility index (Phi) is 6.83. The fourth-order valence-corrected chi connectivity index (χ4v) is 2.79. The summed E-state index contributed by atoms with van der Waals surface area (Å²) in [7, 11) is 0. The van der Waals surface area contributed by atoms with E-state index in [4.69, 9.17) is 30.4 Å². The Morgan fingerprint density at radius 2 is 0.769 bits per heavy atom. The Morgan fingerprint density at radius 3 is 0.962 bits per heavy atom. The highest BCUT2D eigenvalue weighted by atomic mass is 16.5. The highest BCUT2D eigenvalue weighted by Crippen LogP contribution is 2.49. The van der Waals surface area contributed by atoms with Gasteiger partial charge in [0.1, 0.15) is 23.0 Å². The number of ether oxygens (including phenoxy) is 4. The molecule has 0 aliphatic rings. The standard InChI is InChI=1S/C20H28N2O4/c1-5-23-15-9-13(21)10-16(24-6-2)19(15)20-17(25-7-3)11-14(22)12-18(20)26-8-4/h9-12H,5-8,21-22H2,1-4H3. The second-order valence-corrected chi connectivity index (χ2v) is 5.52. The van der Waals surface area contributed by atoms with E-state index >= 15 is 0 Å². The van der Waals surface area contributed by atoms with Crippen LogP contribution in [0.4, 0.5) is 11.4 Å². The van der Waals surface area contributed by atoms with Crippen LogP contribution in [-0.4, -0.2) is 26.4 Å². The Labute approximate surface area is 155 Å². The van der Waals surface area contributed by atoms with Crippen LogP contribution in [-0.2, 0) is 0 Å². The first-order chi connectivity index (χ1) is 12.5.